The molecule has 4 aliphatic heterocycles. The summed E-state index contributed by atoms with van der Waals surface area (Å²) >= 11 is 0. The van der Waals surface area contributed by atoms with Crippen LogP contribution < -0.4 is 19.6 Å². The Kier molecular flexibility index (Phi) is 5.21. The van der Waals surface area contributed by atoms with Crippen molar-refractivity contribution >= 4 is 50.5 Å². The van der Waals surface area contributed by atoms with Gasteiger partial charge in [-0.25, -0.2) is 13.4 Å². The lowest BCUT2D eigenvalue weighted by Gasteiger charge is -2.49. The van der Waals surface area contributed by atoms with Crippen molar-refractivity contribution in [1.29, 1.82) is 0 Å². The van der Waals surface area contributed by atoms with Crippen molar-refractivity contribution in [2.24, 2.45) is 0 Å². The van der Waals surface area contributed by atoms with Gasteiger partial charge >= 0.3 is 6.47 Å². The van der Waals surface area contributed by atoms with Crippen molar-refractivity contribution in [2.45, 2.75) is 43.2 Å². The molecule has 1 amide bonds. The van der Waals surface area contributed by atoms with Crippen LogP contribution >= 0.6 is 0 Å². The Morgan fingerprint density at radius 1 is 1.13 bits per heavy atom. The maximum Gasteiger partial charge on any atom is 0.322 e. The van der Waals surface area contributed by atoms with Crippen molar-refractivity contribution in [1.82, 2.24) is 15.3 Å². The maximum absolute atomic E-state index is 13.2. The minimum Gasteiger partial charge on any atom is -0.352 e. The summed E-state index contributed by atoms with van der Waals surface area (Å²) in [6.45, 7) is 1.45. The molecule has 1 aromatic carbocycles. The van der Waals surface area contributed by atoms with Crippen LogP contribution in [0.4, 0.5) is 17.2 Å². The maximum atomic E-state index is 13.2. The van der Waals surface area contributed by atoms with Gasteiger partial charge in [0.1, 0.15) is 5.69 Å². The van der Waals surface area contributed by atoms with Gasteiger partial charge in [-0.2, -0.15) is 0 Å². The summed E-state index contributed by atoms with van der Waals surface area (Å²) in [6.07, 6.45) is 8.16. The van der Waals surface area contributed by atoms with E-state index in [0.29, 0.717) is 41.0 Å². The third kappa shape index (κ3) is 3.54. The monoisotopic (exact) mass is 548 g/mol. The number of piperidine rings is 1. The fourth-order valence-electron chi connectivity index (χ4n) is 6.67. The third-order valence-electron chi connectivity index (χ3n) is 8.65. The number of carbonyl (C=O) groups excluding carboxylic acids is 2. The second kappa shape index (κ2) is 8.36. The van der Waals surface area contributed by atoms with Gasteiger partial charge < -0.3 is 20.0 Å². The summed E-state index contributed by atoms with van der Waals surface area (Å²) in [5.41, 5.74) is 3.74. The number of nitrogens with zero attached hydrogens (tertiary/aromatic N) is 5. The van der Waals surface area contributed by atoms with E-state index in [1.807, 2.05) is 23.1 Å². The molecule has 0 radical (unpaired) electrons. The van der Waals surface area contributed by atoms with Gasteiger partial charge in [-0.15, -0.1) is 0 Å². The molecule has 4 fully saturated rings. The largest absolute Gasteiger partial charge is 0.352 e. The van der Waals surface area contributed by atoms with Crippen LogP contribution in [-0.2, 0) is 29.9 Å². The van der Waals surface area contributed by atoms with E-state index in [-0.39, 0.29) is 18.1 Å². The number of piperazine rings is 1. The van der Waals surface area contributed by atoms with E-state index in [4.69, 9.17) is 9.82 Å². The molecule has 1 spiro atoms. The first kappa shape index (κ1) is 24.3. The molecule has 202 valence electrons. The summed E-state index contributed by atoms with van der Waals surface area (Å²) < 4.78 is 26.0. The molecular formula is C27H28N6O5S. The van der Waals surface area contributed by atoms with Crippen molar-refractivity contribution in [3.05, 3.63) is 42.2 Å². The second-order valence-corrected chi connectivity index (χ2v) is 12.8. The second-order valence-electron chi connectivity index (χ2n) is 11.0. The Labute approximate surface area is 225 Å². The average molecular weight is 549 g/mol. The van der Waals surface area contributed by atoms with Crippen LogP contribution in [0.1, 0.15) is 31.2 Å². The van der Waals surface area contributed by atoms with Crippen molar-refractivity contribution in [2.75, 3.05) is 40.7 Å². The lowest BCUT2D eigenvalue weighted by molar-refractivity contribution is -0.128. The number of aromatic nitrogens is 2. The molecule has 1 N–H and O–H groups in total. The van der Waals surface area contributed by atoms with Gasteiger partial charge in [0.05, 0.1) is 29.1 Å². The van der Waals surface area contributed by atoms with Gasteiger partial charge in [-0.1, -0.05) is 17.0 Å². The van der Waals surface area contributed by atoms with Crippen LogP contribution in [0.5, 0.6) is 0 Å². The van der Waals surface area contributed by atoms with Gasteiger partial charge in [-0.3, -0.25) is 14.6 Å². The molecule has 11 nitrogen and oxygen atoms in total. The van der Waals surface area contributed by atoms with Crippen LogP contribution in [0.2, 0.25) is 0 Å². The first-order chi connectivity index (χ1) is 18.7. The van der Waals surface area contributed by atoms with Gasteiger partial charge in [0, 0.05) is 54.9 Å². The van der Waals surface area contributed by atoms with Crippen LogP contribution in [0.25, 0.3) is 22.0 Å². The number of hydrogen-bond acceptors (Lipinski definition) is 9. The zero-order chi connectivity index (χ0) is 27.1. The molecule has 1 aliphatic carbocycles. The molecule has 5 aliphatic rings. The Morgan fingerprint density at radius 3 is 2.51 bits per heavy atom. The SMILES string of the molecule is CN1C(=O)C2(CCC2)c2c1cnc1ccc(-c3cnc(N4CC5CC(C4)N5)c(N(OC=O)S(C)(=O)=O)c3)cc21. The Bertz CT molecular complexity index is 1640. The number of benzene rings is 1. The van der Waals surface area contributed by atoms with Crippen LogP contribution in [-0.4, -0.2) is 69.2 Å². The lowest BCUT2D eigenvalue weighted by atomic mass is 9.64. The Hall–Kier alpha value is -3.77. The Balaban J connectivity index is 1.38. The number of pyridine rings is 2. The first-order valence-electron chi connectivity index (χ1n) is 13.0. The highest BCUT2D eigenvalue weighted by molar-refractivity contribution is 7.91. The molecule has 2 aromatic heterocycles. The van der Waals surface area contributed by atoms with Crippen molar-refractivity contribution < 1.29 is 22.8 Å². The molecule has 2 unspecified atom stereocenters. The van der Waals surface area contributed by atoms with Crippen LogP contribution in [0.15, 0.2) is 36.7 Å². The van der Waals surface area contributed by atoms with Gasteiger partial charge in [0.25, 0.3) is 10.0 Å². The molecule has 2 atom stereocenters. The topological polar surface area (TPSA) is 125 Å². The lowest BCUT2D eigenvalue weighted by Crippen LogP contribution is -2.67. The summed E-state index contributed by atoms with van der Waals surface area (Å²) in [4.78, 5) is 42.6. The number of amides is 1. The fraction of sp³-hybridized carbons (Fsp3) is 0.407. The summed E-state index contributed by atoms with van der Waals surface area (Å²) in [5, 5.41) is 4.36. The number of hydrogen-bond donors (Lipinski definition) is 1. The standard InChI is InChI=1S/C27H28N6O5S/c1-31-23-12-28-21-5-4-16(8-20(21)24(23)27(26(31)35)6-3-7-27)17-9-22(33(38-15-34)39(2,36)37)25(29-11-17)32-13-18-10-19(14-32)30-18/h4-5,8-9,11-12,15,18-19,30H,3,6-7,10,13-14H2,1-2H3. The number of likely N-dealkylation sites (N-methyl/N-ethyl adjacent to an activating group) is 1. The minimum absolute atomic E-state index is 0.101. The quantitative estimate of drug-likeness (QED) is 0.364. The number of sulfonamides is 1. The molecule has 1 saturated carbocycles. The highest BCUT2D eigenvalue weighted by Gasteiger charge is 2.54. The number of fused-ring (bicyclic) bond motifs is 6. The van der Waals surface area contributed by atoms with E-state index in [2.05, 4.69) is 10.3 Å². The minimum atomic E-state index is -3.96. The highest BCUT2D eigenvalue weighted by Crippen LogP contribution is 2.55. The molecule has 6 heterocycles. The zero-order valence-corrected chi connectivity index (χ0v) is 22.4. The van der Waals surface area contributed by atoms with E-state index in [1.165, 1.54) is 0 Å². The van der Waals surface area contributed by atoms with E-state index in [9.17, 15) is 18.0 Å². The predicted molar refractivity (Wildman–Crippen MR) is 146 cm³/mol. The van der Waals surface area contributed by atoms with Crippen molar-refractivity contribution in [3.8, 4) is 11.1 Å². The van der Waals surface area contributed by atoms with Gasteiger partial charge in [0.2, 0.25) is 5.91 Å². The molecule has 39 heavy (non-hydrogen) atoms. The average Bonchev–Trinajstić information content (AvgIpc) is 3.13. The number of carbonyl (C=O) groups is 2. The Morgan fingerprint density at radius 2 is 1.87 bits per heavy atom. The van der Waals surface area contributed by atoms with Crippen molar-refractivity contribution in [3.63, 3.8) is 0 Å². The van der Waals surface area contributed by atoms with Gasteiger partial charge in [-0.05, 0) is 43.0 Å². The van der Waals surface area contributed by atoms with Gasteiger partial charge in [0.15, 0.2) is 5.82 Å². The molecule has 12 heteroatoms. The molecule has 3 saturated heterocycles. The highest BCUT2D eigenvalue weighted by atomic mass is 32.2. The van der Waals surface area contributed by atoms with Crippen LogP contribution in [0.3, 0.4) is 0 Å². The molecule has 8 rings (SSSR count). The first-order valence-corrected chi connectivity index (χ1v) is 14.9. The molecular weight excluding hydrogens is 520 g/mol. The number of nitrogens with one attached hydrogen (secondary N) is 1. The smallest absolute Gasteiger partial charge is 0.322 e. The summed E-state index contributed by atoms with van der Waals surface area (Å²) in [6, 6.07) is 8.13. The predicted octanol–water partition coefficient (Wildman–Crippen LogP) is 2.10. The number of anilines is 3. The molecule has 3 aromatic rings. The number of rotatable bonds is 6. The molecule has 2 bridgehead atoms. The normalized spacial score (nSPS) is 22.9. The van der Waals surface area contributed by atoms with E-state index in [0.717, 1.165) is 59.7 Å². The summed E-state index contributed by atoms with van der Waals surface area (Å²) in [5.74, 6) is 0.548. The van der Waals surface area contributed by atoms with E-state index in [1.54, 1.807) is 30.4 Å². The fourth-order valence-corrected chi connectivity index (χ4v) is 7.35. The van der Waals surface area contributed by atoms with E-state index < -0.39 is 15.4 Å². The zero-order valence-electron chi connectivity index (χ0n) is 21.6. The van der Waals surface area contributed by atoms with E-state index >= 15 is 0 Å². The third-order valence-corrected chi connectivity index (χ3v) is 9.53. The summed E-state index contributed by atoms with van der Waals surface area (Å²) in [7, 11) is -2.17. The van der Waals surface area contributed by atoms with Crippen LogP contribution in [0, 0.1) is 0 Å².